The second kappa shape index (κ2) is 5.38. The van der Waals surface area contributed by atoms with Crippen molar-refractivity contribution in [3.63, 3.8) is 0 Å². The summed E-state index contributed by atoms with van der Waals surface area (Å²) in [7, 11) is 0. The number of nitrogens with one attached hydrogen (secondary N) is 1. The molecule has 6 nitrogen and oxygen atoms in total. The minimum Gasteiger partial charge on any atom is -0.481 e. The summed E-state index contributed by atoms with van der Waals surface area (Å²) in [5.41, 5.74) is -0.593. The van der Waals surface area contributed by atoms with Gasteiger partial charge in [-0.3, -0.25) is 14.9 Å². The van der Waals surface area contributed by atoms with Crippen LogP contribution in [0.4, 0.5) is 5.95 Å². The van der Waals surface area contributed by atoms with Crippen molar-refractivity contribution in [1.82, 2.24) is 9.97 Å². The van der Waals surface area contributed by atoms with Crippen molar-refractivity contribution in [2.24, 2.45) is 5.41 Å². The third-order valence-electron chi connectivity index (χ3n) is 2.09. The third kappa shape index (κ3) is 5.05. The highest BCUT2D eigenvalue weighted by atomic mass is 16.4. The Balaban J connectivity index is 2.52. The van der Waals surface area contributed by atoms with E-state index in [1.54, 1.807) is 19.9 Å². The summed E-state index contributed by atoms with van der Waals surface area (Å²) in [6.45, 7) is 3.46. The van der Waals surface area contributed by atoms with Crippen molar-refractivity contribution in [2.45, 2.75) is 26.7 Å². The van der Waals surface area contributed by atoms with Crippen molar-refractivity contribution < 1.29 is 14.7 Å². The van der Waals surface area contributed by atoms with Gasteiger partial charge in [0.15, 0.2) is 0 Å². The Bertz CT molecular complexity index is 404. The molecule has 1 amide bonds. The molecular formula is C11H15N3O3. The van der Waals surface area contributed by atoms with Crippen LogP contribution in [0.1, 0.15) is 26.7 Å². The first-order valence-corrected chi connectivity index (χ1v) is 5.18. The molecule has 0 aliphatic rings. The molecule has 0 atom stereocenters. The van der Waals surface area contributed by atoms with E-state index in [2.05, 4.69) is 15.3 Å². The number of aromatic nitrogens is 2. The van der Waals surface area contributed by atoms with Gasteiger partial charge >= 0.3 is 5.97 Å². The highest BCUT2D eigenvalue weighted by Crippen LogP contribution is 2.25. The first-order chi connectivity index (χ1) is 7.89. The zero-order valence-electron chi connectivity index (χ0n) is 9.80. The van der Waals surface area contributed by atoms with Gasteiger partial charge in [0.05, 0.1) is 6.42 Å². The Morgan fingerprint density at radius 3 is 2.41 bits per heavy atom. The number of nitrogens with zero attached hydrogens (tertiary/aromatic N) is 2. The molecule has 1 aromatic rings. The fourth-order valence-electron chi connectivity index (χ4n) is 1.44. The number of hydrogen-bond acceptors (Lipinski definition) is 4. The lowest BCUT2D eigenvalue weighted by Gasteiger charge is -2.20. The standard InChI is InChI=1S/C11H15N3O3/c1-11(2,7-9(16)17)6-8(15)14-10-12-4-3-5-13-10/h3-5H,6-7H2,1-2H3,(H,16,17)(H,12,13,14,15). The van der Waals surface area contributed by atoms with E-state index in [0.717, 1.165) is 0 Å². The number of carboxylic acid groups (broad SMARTS) is 1. The fraction of sp³-hybridized carbons (Fsp3) is 0.455. The monoisotopic (exact) mass is 237 g/mol. The average molecular weight is 237 g/mol. The summed E-state index contributed by atoms with van der Waals surface area (Å²) in [5, 5.41) is 11.2. The van der Waals surface area contributed by atoms with Gasteiger partial charge in [-0.1, -0.05) is 13.8 Å². The van der Waals surface area contributed by atoms with Crippen molar-refractivity contribution in [1.29, 1.82) is 0 Å². The molecule has 0 aliphatic heterocycles. The summed E-state index contributed by atoms with van der Waals surface area (Å²) in [4.78, 5) is 29.9. The molecule has 0 bridgehead atoms. The van der Waals surface area contributed by atoms with Crippen molar-refractivity contribution in [3.05, 3.63) is 18.5 Å². The lowest BCUT2D eigenvalue weighted by atomic mass is 9.85. The second-order valence-corrected chi connectivity index (χ2v) is 4.53. The van der Waals surface area contributed by atoms with Gasteiger partial charge < -0.3 is 5.11 Å². The SMILES string of the molecule is CC(C)(CC(=O)O)CC(=O)Nc1ncccn1. The number of carbonyl (C=O) groups excluding carboxylic acids is 1. The summed E-state index contributed by atoms with van der Waals surface area (Å²) in [6, 6.07) is 1.64. The zero-order valence-corrected chi connectivity index (χ0v) is 9.80. The minimum atomic E-state index is -0.918. The predicted octanol–water partition coefficient (Wildman–Crippen LogP) is 1.31. The van der Waals surface area contributed by atoms with Gasteiger partial charge in [-0.05, 0) is 11.5 Å². The Labute approximate surface area is 99.1 Å². The summed E-state index contributed by atoms with van der Waals surface area (Å²) < 4.78 is 0. The quantitative estimate of drug-likeness (QED) is 0.805. The molecule has 1 aromatic heterocycles. The zero-order chi connectivity index (χ0) is 12.9. The van der Waals surface area contributed by atoms with Crippen LogP contribution in [0.25, 0.3) is 0 Å². The fourth-order valence-corrected chi connectivity index (χ4v) is 1.44. The lowest BCUT2D eigenvalue weighted by molar-refractivity contribution is -0.139. The molecular weight excluding hydrogens is 222 g/mol. The molecule has 0 fully saturated rings. The first kappa shape index (κ1) is 13.1. The summed E-state index contributed by atoms with van der Waals surface area (Å²) >= 11 is 0. The number of hydrogen-bond donors (Lipinski definition) is 2. The molecule has 1 heterocycles. The lowest BCUT2D eigenvalue weighted by Crippen LogP contribution is -2.25. The molecule has 2 N–H and O–H groups in total. The van der Waals surface area contributed by atoms with Gasteiger partial charge in [0.1, 0.15) is 0 Å². The van der Waals surface area contributed by atoms with Gasteiger partial charge in [0.2, 0.25) is 11.9 Å². The van der Waals surface area contributed by atoms with Crippen molar-refractivity contribution in [2.75, 3.05) is 5.32 Å². The van der Waals surface area contributed by atoms with Crippen LogP contribution in [0.15, 0.2) is 18.5 Å². The topological polar surface area (TPSA) is 92.2 Å². The van der Waals surface area contributed by atoms with Crippen LogP contribution in [0, 0.1) is 5.41 Å². The van der Waals surface area contributed by atoms with E-state index in [1.165, 1.54) is 12.4 Å². The molecule has 0 aromatic carbocycles. The van der Waals surface area contributed by atoms with Crippen LogP contribution >= 0.6 is 0 Å². The third-order valence-corrected chi connectivity index (χ3v) is 2.09. The smallest absolute Gasteiger partial charge is 0.303 e. The van der Waals surface area contributed by atoms with Gasteiger partial charge in [0, 0.05) is 18.8 Å². The normalized spacial score (nSPS) is 10.9. The van der Waals surface area contributed by atoms with E-state index in [0.29, 0.717) is 0 Å². The molecule has 0 aliphatic carbocycles. The molecule has 0 unspecified atom stereocenters. The largest absolute Gasteiger partial charge is 0.481 e. The molecule has 17 heavy (non-hydrogen) atoms. The average Bonchev–Trinajstić information content (AvgIpc) is 2.15. The van der Waals surface area contributed by atoms with Crippen molar-refractivity contribution in [3.8, 4) is 0 Å². The molecule has 0 spiro atoms. The summed E-state index contributed by atoms with van der Waals surface area (Å²) in [5.74, 6) is -0.982. The van der Waals surface area contributed by atoms with Crippen LogP contribution in [0.5, 0.6) is 0 Å². The highest BCUT2D eigenvalue weighted by Gasteiger charge is 2.25. The molecule has 0 radical (unpaired) electrons. The van der Waals surface area contributed by atoms with Crippen molar-refractivity contribution >= 4 is 17.8 Å². The van der Waals surface area contributed by atoms with Crippen LogP contribution < -0.4 is 5.32 Å². The molecule has 1 rings (SSSR count). The number of carboxylic acids is 1. The van der Waals surface area contributed by atoms with Crippen LogP contribution in [-0.2, 0) is 9.59 Å². The van der Waals surface area contributed by atoms with E-state index < -0.39 is 11.4 Å². The molecule has 0 saturated carbocycles. The number of carbonyl (C=O) groups is 2. The Morgan fingerprint density at radius 2 is 1.88 bits per heavy atom. The van der Waals surface area contributed by atoms with Gasteiger partial charge in [-0.15, -0.1) is 0 Å². The minimum absolute atomic E-state index is 0.0595. The Kier molecular flexibility index (Phi) is 4.14. The van der Waals surface area contributed by atoms with E-state index in [-0.39, 0.29) is 24.7 Å². The Morgan fingerprint density at radius 1 is 1.29 bits per heavy atom. The van der Waals surface area contributed by atoms with E-state index in [4.69, 9.17) is 5.11 Å². The van der Waals surface area contributed by atoms with E-state index in [1.807, 2.05) is 0 Å². The Hall–Kier alpha value is -1.98. The molecule has 92 valence electrons. The summed E-state index contributed by atoms with van der Waals surface area (Å²) in [6.07, 6.45) is 3.09. The number of anilines is 1. The highest BCUT2D eigenvalue weighted by molar-refractivity contribution is 5.89. The predicted molar refractivity (Wildman–Crippen MR) is 61.3 cm³/mol. The van der Waals surface area contributed by atoms with Gasteiger partial charge in [-0.25, -0.2) is 9.97 Å². The van der Waals surface area contributed by atoms with Gasteiger partial charge in [-0.2, -0.15) is 0 Å². The maximum atomic E-state index is 11.6. The molecule has 6 heteroatoms. The van der Waals surface area contributed by atoms with Crippen LogP contribution in [0.2, 0.25) is 0 Å². The second-order valence-electron chi connectivity index (χ2n) is 4.53. The number of amides is 1. The number of aliphatic carboxylic acids is 1. The maximum Gasteiger partial charge on any atom is 0.303 e. The van der Waals surface area contributed by atoms with Crippen LogP contribution in [-0.4, -0.2) is 27.0 Å². The molecule has 0 saturated heterocycles. The maximum absolute atomic E-state index is 11.6. The first-order valence-electron chi connectivity index (χ1n) is 5.18. The van der Waals surface area contributed by atoms with Crippen LogP contribution in [0.3, 0.4) is 0 Å². The number of rotatable bonds is 5. The van der Waals surface area contributed by atoms with E-state index in [9.17, 15) is 9.59 Å². The van der Waals surface area contributed by atoms with Gasteiger partial charge in [0.25, 0.3) is 0 Å². The van der Waals surface area contributed by atoms with E-state index >= 15 is 0 Å².